The molecule has 0 saturated heterocycles. The van der Waals surface area contributed by atoms with Crippen molar-refractivity contribution in [3.05, 3.63) is 59.7 Å². The van der Waals surface area contributed by atoms with E-state index in [1.807, 2.05) is 6.07 Å². The third-order valence-corrected chi connectivity index (χ3v) is 2.95. The third-order valence-electron chi connectivity index (χ3n) is 2.95. The largest absolute Gasteiger partial charge is 0.493 e. The van der Waals surface area contributed by atoms with Crippen LogP contribution in [0.3, 0.4) is 0 Å². The van der Waals surface area contributed by atoms with Crippen molar-refractivity contribution in [3.63, 3.8) is 0 Å². The van der Waals surface area contributed by atoms with Gasteiger partial charge in [0.25, 0.3) is 5.91 Å². The highest BCUT2D eigenvalue weighted by Gasteiger charge is 2.07. The van der Waals surface area contributed by atoms with Gasteiger partial charge in [-0.2, -0.15) is 5.10 Å². The Balaban J connectivity index is 2.01. The van der Waals surface area contributed by atoms with E-state index in [1.54, 1.807) is 42.5 Å². The van der Waals surface area contributed by atoms with Crippen LogP contribution in [0.5, 0.6) is 11.5 Å². The smallest absolute Gasteiger partial charge is 0.341 e. The van der Waals surface area contributed by atoms with Crippen LogP contribution in [0.1, 0.15) is 15.9 Å². The molecule has 0 radical (unpaired) electrons. The highest BCUT2D eigenvalue weighted by Crippen LogP contribution is 2.27. The molecule has 0 aliphatic heterocycles. The summed E-state index contributed by atoms with van der Waals surface area (Å²) in [4.78, 5) is 22.4. The lowest BCUT2D eigenvalue weighted by atomic mass is 10.2. The van der Waals surface area contributed by atoms with Crippen molar-refractivity contribution >= 4 is 18.1 Å². The van der Waals surface area contributed by atoms with Crippen LogP contribution in [0.25, 0.3) is 0 Å². The fraction of sp³-hybridized carbons (Fsp3) is 0.118. The lowest BCUT2D eigenvalue weighted by Crippen LogP contribution is -2.17. The molecule has 0 saturated carbocycles. The van der Waals surface area contributed by atoms with Gasteiger partial charge in [-0.05, 0) is 35.9 Å². The Morgan fingerprint density at radius 3 is 2.58 bits per heavy atom. The first-order chi connectivity index (χ1) is 11.6. The number of nitrogens with one attached hydrogen (secondary N) is 1. The predicted octanol–water partition coefficient (Wildman–Crippen LogP) is 1.92. The van der Waals surface area contributed by atoms with E-state index >= 15 is 0 Å². The van der Waals surface area contributed by atoms with Crippen LogP contribution in [0.2, 0.25) is 0 Å². The van der Waals surface area contributed by atoms with Gasteiger partial charge in [-0.25, -0.2) is 10.2 Å². The molecule has 2 N–H and O–H groups in total. The molecule has 0 bridgehead atoms. The number of carboxylic acids is 1. The summed E-state index contributed by atoms with van der Waals surface area (Å²) in [6.07, 6.45) is 1.45. The van der Waals surface area contributed by atoms with E-state index in [1.165, 1.54) is 13.3 Å². The van der Waals surface area contributed by atoms with E-state index < -0.39 is 12.6 Å². The van der Waals surface area contributed by atoms with Crippen LogP contribution in [-0.4, -0.2) is 36.9 Å². The summed E-state index contributed by atoms with van der Waals surface area (Å²) < 4.78 is 10.3. The Hall–Kier alpha value is -3.35. The lowest BCUT2D eigenvalue weighted by molar-refractivity contribution is -0.139. The summed E-state index contributed by atoms with van der Waals surface area (Å²) in [5, 5.41) is 12.5. The summed E-state index contributed by atoms with van der Waals surface area (Å²) in [5.74, 6) is -0.716. The Bertz CT molecular complexity index is 744. The highest BCUT2D eigenvalue weighted by atomic mass is 16.5. The molecule has 7 nitrogen and oxygen atoms in total. The monoisotopic (exact) mass is 328 g/mol. The van der Waals surface area contributed by atoms with Crippen LogP contribution < -0.4 is 14.9 Å². The first-order valence-electron chi connectivity index (χ1n) is 7.01. The molecule has 0 aliphatic rings. The van der Waals surface area contributed by atoms with Crippen molar-refractivity contribution in [2.75, 3.05) is 13.7 Å². The minimum absolute atomic E-state index is 0.311. The van der Waals surface area contributed by atoms with E-state index in [2.05, 4.69) is 10.5 Å². The van der Waals surface area contributed by atoms with Crippen molar-refractivity contribution in [1.82, 2.24) is 5.43 Å². The molecule has 0 heterocycles. The number of benzene rings is 2. The lowest BCUT2D eigenvalue weighted by Gasteiger charge is -2.09. The molecule has 2 aromatic rings. The predicted molar refractivity (Wildman–Crippen MR) is 87.6 cm³/mol. The first kappa shape index (κ1) is 17.0. The van der Waals surface area contributed by atoms with Gasteiger partial charge in [0, 0.05) is 5.56 Å². The van der Waals surface area contributed by atoms with E-state index in [0.717, 1.165) is 0 Å². The van der Waals surface area contributed by atoms with Gasteiger partial charge in [-0.15, -0.1) is 0 Å². The number of methoxy groups -OCH3 is 1. The Kier molecular flexibility index (Phi) is 5.90. The van der Waals surface area contributed by atoms with Gasteiger partial charge in [0.1, 0.15) is 0 Å². The normalized spacial score (nSPS) is 10.4. The number of nitrogens with zero attached hydrogens (tertiary/aromatic N) is 1. The number of rotatable bonds is 7. The number of carbonyl (C=O) groups excluding carboxylic acids is 1. The second-order valence-corrected chi connectivity index (χ2v) is 4.66. The first-order valence-corrected chi connectivity index (χ1v) is 7.01. The number of aliphatic carboxylic acids is 1. The van der Waals surface area contributed by atoms with Gasteiger partial charge in [0.15, 0.2) is 18.1 Å². The molecule has 0 aromatic heterocycles. The van der Waals surface area contributed by atoms with Gasteiger partial charge in [-0.3, -0.25) is 4.79 Å². The van der Waals surface area contributed by atoms with Gasteiger partial charge in [0.2, 0.25) is 0 Å². The van der Waals surface area contributed by atoms with Gasteiger partial charge in [0.05, 0.1) is 13.3 Å². The van der Waals surface area contributed by atoms with Crippen LogP contribution in [0, 0.1) is 0 Å². The van der Waals surface area contributed by atoms with E-state index in [4.69, 9.17) is 14.6 Å². The van der Waals surface area contributed by atoms with Crippen molar-refractivity contribution < 1.29 is 24.2 Å². The third kappa shape index (κ3) is 4.84. The Labute approximate surface area is 138 Å². The zero-order valence-electron chi connectivity index (χ0n) is 12.9. The molecule has 1 amide bonds. The molecule has 124 valence electrons. The summed E-state index contributed by atoms with van der Waals surface area (Å²) in [7, 11) is 1.45. The van der Waals surface area contributed by atoms with Crippen molar-refractivity contribution in [1.29, 1.82) is 0 Å². The number of carboxylic acid groups (broad SMARTS) is 1. The number of hydrogen-bond donors (Lipinski definition) is 2. The molecule has 0 aliphatic carbocycles. The fourth-order valence-electron chi connectivity index (χ4n) is 1.84. The second-order valence-electron chi connectivity index (χ2n) is 4.66. The summed E-state index contributed by atoms with van der Waals surface area (Å²) in [5.41, 5.74) is 3.58. The number of amides is 1. The number of carbonyl (C=O) groups is 2. The second kappa shape index (κ2) is 8.33. The maximum Gasteiger partial charge on any atom is 0.341 e. The van der Waals surface area contributed by atoms with Crippen molar-refractivity contribution in [2.45, 2.75) is 0 Å². The van der Waals surface area contributed by atoms with Crippen LogP contribution in [0.15, 0.2) is 53.6 Å². The summed E-state index contributed by atoms with van der Waals surface area (Å²) in [6.45, 7) is -0.461. The average Bonchev–Trinajstić information content (AvgIpc) is 2.61. The quantitative estimate of drug-likeness (QED) is 0.598. The molecule has 2 rings (SSSR count). The molecule has 2 aromatic carbocycles. The zero-order chi connectivity index (χ0) is 17.4. The Morgan fingerprint density at radius 2 is 1.92 bits per heavy atom. The van der Waals surface area contributed by atoms with Crippen LogP contribution in [-0.2, 0) is 4.79 Å². The Morgan fingerprint density at radius 1 is 1.17 bits per heavy atom. The van der Waals surface area contributed by atoms with Crippen LogP contribution in [0.4, 0.5) is 0 Å². The standard InChI is InChI=1S/C17H16N2O5/c1-23-15-9-12(7-8-14(15)24-11-16(20)21)10-18-19-17(22)13-5-3-2-4-6-13/h2-10H,11H2,1H3,(H,19,22)(H,20,21)/b18-10-. The van der Waals surface area contributed by atoms with Crippen LogP contribution >= 0.6 is 0 Å². The molecule has 0 spiro atoms. The van der Waals surface area contributed by atoms with Gasteiger partial charge in [-0.1, -0.05) is 18.2 Å². The topological polar surface area (TPSA) is 97.2 Å². The molecule has 0 fully saturated rings. The zero-order valence-corrected chi connectivity index (χ0v) is 12.9. The van der Waals surface area contributed by atoms with E-state index in [-0.39, 0.29) is 5.91 Å². The SMILES string of the molecule is COc1cc(/C=N\NC(=O)c2ccccc2)ccc1OCC(=O)O. The molecular weight excluding hydrogens is 312 g/mol. The van der Waals surface area contributed by atoms with Gasteiger partial charge < -0.3 is 14.6 Å². The fourth-order valence-corrected chi connectivity index (χ4v) is 1.84. The molecular formula is C17H16N2O5. The van der Waals surface area contributed by atoms with E-state index in [9.17, 15) is 9.59 Å². The maximum atomic E-state index is 11.8. The summed E-state index contributed by atoms with van der Waals surface area (Å²) >= 11 is 0. The number of ether oxygens (including phenoxy) is 2. The molecule has 0 atom stereocenters. The number of hydrazone groups is 1. The van der Waals surface area contributed by atoms with Crippen molar-refractivity contribution in [2.24, 2.45) is 5.10 Å². The highest BCUT2D eigenvalue weighted by molar-refractivity contribution is 5.94. The minimum atomic E-state index is -1.08. The minimum Gasteiger partial charge on any atom is -0.493 e. The van der Waals surface area contributed by atoms with E-state index in [0.29, 0.717) is 22.6 Å². The maximum absolute atomic E-state index is 11.8. The van der Waals surface area contributed by atoms with Crippen molar-refractivity contribution in [3.8, 4) is 11.5 Å². The molecule has 24 heavy (non-hydrogen) atoms. The number of hydrogen-bond acceptors (Lipinski definition) is 5. The van der Waals surface area contributed by atoms with Gasteiger partial charge >= 0.3 is 5.97 Å². The molecule has 0 unspecified atom stereocenters. The summed E-state index contributed by atoms with van der Waals surface area (Å²) in [6, 6.07) is 13.6. The average molecular weight is 328 g/mol. The molecule has 7 heteroatoms.